The van der Waals surface area contributed by atoms with Gasteiger partial charge in [-0.25, -0.2) is 0 Å². The molecule has 3 heteroatoms. The maximum Gasteiger partial charge on any atom is 0.222 e. The summed E-state index contributed by atoms with van der Waals surface area (Å²) < 4.78 is 0. The van der Waals surface area contributed by atoms with E-state index in [0.717, 1.165) is 49.9 Å². The van der Waals surface area contributed by atoms with E-state index in [1.807, 2.05) is 7.05 Å². The Morgan fingerprint density at radius 3 is 2.67 bits per heavy atom. The Bertz CT molecular complexity index is 595. The fraction of sp³-hybridized carbons (Fsp3) is 0.905. The molecule has 24 heavy (non-hydrogen) atoms. The summed E-state index contributed by atoms with van der Waals surface area (Å²) >= 11 is 0. The predicted octanol–water partition coefficient (Wildman–Crippen LogP) is 4.24. The third kappa shape index (κ3) is 2.04. The number of amides is 1. The SMILES string of the molecule is C[C@H]1C[C@H]2N(C)C(=O)CC[C@]2(C)[C@H]2CC[C@]3(C)C[C@@H](C#N)C[C@H]3[C@H]12. The normalized spacial score (nSPS) is 53.8. The summed E-state index contributed by atoms with van der Waals surface area (Å²) in [5.41, 5.74) is 0.668. The van der Waals surface area contributed by atoms with Gasteiger partial charge in [-0.05, 0) is 73.0 Å². The molecule has 3 nitrogen and oxygen atoms in total. The number of likely N-dealkylation sites (tertiary alicyclic amines) is 1. The van der Waals surface area contributed by atoms with Gasteiger partial charge in [-0.1, -0.05) is 20.8 Å². The van der Waals surface area contributed by atoms with Crippen LogP contribution in [0.4, 0.5) is 0 Å². The molecule has 8 atom stereocenters. The molecule has 0 aromatic carbocycles. The van der Waals surface area contributed by atoms with Gasteiger partial charge in [0, 0.05) is 25.4 Å². The molecule has 0 radical (unpaired) electrons. The molecule has 3 aliphatic carbocycles. The maximum absolute atomic E-state index is 12.3. The highest BCUT2D eigenvalue weighted by atomic mass is 16.2. The first kappa shape index (κ1) is 16.4. The second kappa shape index (κ2) is 5.23. The zero-order valence-corrected chi connectivity index (χ0v) is 15.7. The van der Waals surface area contributed by atoms with E-state index in [4.69, 9.17) is 0 Å². The van der Waals surface area contributed by atoms with Crippen molar-refractivity contribution in [1.82, 2.24) is 4.90 Å². The fourth-order valence-electron chi connectivity index (χ4n) is 7.62. The van der Waals surface area contributed by atoms with Crippen LogP contribution in [0.25, 0.3) is 0 Å². The summed E-state index contributed by atoms with van der Waals surface area (Å²) in [5, 5.41) is 9.50. The molecule has 0 aromatic heterocycles. The minimum absolute atomic E-state index is 0.270. The zero-order chi connectivity index (χ0) is 17.3. The van der Waals surface area contributed by atoms with Crippen molar-refractivity contribution < 1.29 is 4.79 Å². The van der Waals surface area contributed by atoms with Crippen molar-refractivity contribution in [3.63, 3.8) is 0 Å². The summed E-state index contributed by atoms with van der Waals surface area (Å²) in [4.78, 5) is 14.3. The number of nitrogens with zero attached hydrogens (tertiary/aromatic N) is 2. The van der Waals surface area contributed by atoms with Gasteiger partial charge in [0.15, 0.2) is 0 Å². The van der Waals surface area contributed by atoms with Gasteiger partial charge in [0.2, 0.25) is 5.91 Å². The van der Waals surface area contributed by atoms with Crippen molar-refractivity contribution >= 4 is 5.91 Å². The van der Waals surface area contributed by atoms with Crippen LogP contribution in [0.5, 0.6) is 0 Å². The fourth-order valence-corrected chi connectivity index (χ4v) is 7.62. The van der Waals surface area contributed by atoms with Gasteiger partial charge in [0.25, 0.3) is 0 Å². The minimum Gasteiger partial charge on any atom is -0.342 e. The molecule has 0 unspecified atom stereocenters. The number of hydrogen-bond donors (Lipinski definition) is 0. The summed E-state index contributed by atoms with van der Waals surface area (Å²) in [7, 11) is 2.03. The third-order valence-electron chi connectivity index (χ3n) is 8.88. The van der Waals surface area contributed by atoms with E-state index in [0.29, 0.717) is 23.3 Å². The van der Waals surface area contributed by atoms with Crippen LogP contribution in [0, 0.1) is 51.8 Å². The molecule has 1 amide bonds. The second-order valence-electron chi connectivity index (χ2n) is 9.99. The van der Waals surface area contributed by atoms with Gasteiger partial charge in [0.1, 0.15) is 0 Å². The van der Waals surface area contributed by atoms with E-state index in [2.05, 4.69) is 31.7 Å². The summed E-state index contributed by atoms with van der Waals surface area (Å²) in [6, 6.07) is 3.01. The highest BCUT2D eigenvalue weighted by Gasteiger charge is 2.62. The van der Waals surface area contributed by atoms with Crippen LogP contribution >= 0.6 is 0 Å². The lowest BCUT2D eigenvalue weighted by Gasteiger charge is -2.63. The van der Waals surface area contributed by atoms with Gasteiger partial charge in [0.05, 0.1) is 6.07 Å². The largest absolute Gasteiger partial charge is 0.342 e. The lowest BCUT2D eigenvalue weighted by molar-refractivity contribution is -0.164. The van der Waals surface area contributed by atoms with Crippen LogP contribution in [-0.4, -0.2) is 23.9 Å². The molecule has 0 N–H and O–H groups in total. The highest BCUT2D eigenvalue weighted by Crippen LogP contribution is 2.66. The minimum atomic E-state index is 0.270. The molecule has 0 aromatic rings. The first-order chi connectivity index (χ1) is 11.3. The first-order valence-corrected chi connectivity index (χ1v) is 9.95. The molecule has 1 heterocycles. The third-order valence-corrected chi connectivity index (χ3v) is 8.88. The molecule has 4 rings (SSSR count). The van der Waals surface area contributed by atoms with Crippen LogP contribution in [0.2, 0.25) is 0 Å². The Morgan fingerprint density at radius 1 is 1.21 bits per heavy atom. The molecule has 4 fully saturated rings. The topological polar surface area (TPSA) is 44.1 Å². The number of fused-ring (bicyclic) bond motifs is 5. The molecule has 132 valence electrons. The zero-order valence-electron chi connectivity index (χ0n) is 15.7. The number of hydrogen-bond acceptors (Lipinski definition) is 2. The average molecular weight is 328 g/mol. The lowest BCUT2D eigenvalue weighted by atomic mass is 9.45. The lowest BCUT2D eigenvalue weighted by Crippen LogP contribution is -2.62. The van der Waals surface area contributed by atoms with E-state index >= 15 is 0 Å². The van der Waals surface area contributed by atoms with Crippen LogP contribution in [-0.2, 0) is 4.79 Å². The van der Waals surface area contributed by atoms with Crippen molar-refractivity contribution in [2.45, 2.75) is 71.8 Å². The average Bonchev–Trinajstić information content (AvgIpc) is 2.90. The standard InChI is InChI=1S/C21H32N2O/c1-13-9-17-21(3,8-6-18(24)23(17)4)15-5-7-20(2)11-14(12-22)10-16(20)19(13)15/h13-17,19H,5-11H2,1-4H3/t13-,14-,15-,16-,17+,19+,20+,21+/m0/s1. The molecular formula is C21H32N2O. The number of piperidine rings is 1. The van der Waals surface area contributed by atoms with Crippen molar-refractivity contribution in [3.8, 4) is 6.07 Å². The second-order valence-corrected chi connectivity index (χ2v) is 9.99. The molecule has 4 aliphatic rings. The molecule has 0 bridgehead atoms. The molecule has 1 aliphatic heterocycles. The Labute approximate surface area is 146 Å². The van der Waals surface area contributed by atoms with Crippen molar-refractivity contribution in [2.24, 2.45) is 40.4 Å². The van der Waals surface area contributed by atoms with Crippen LogP contribution < -0.4 is 0 Å². The van der Waals surface area contributed by atoms with Gasteiger partial charge in [-0.15, -0.1) is 0 Å². The Hall–Kier alpha value is -1.04. The first-order valence-electron chi connectivity index (χ1n) is 9.95. The van der Waals surface area contributed by atoms with Crippen LogP contribution in [0.1, 0.15) is 65.7 Å². The van der Waals surface area contributed by atoms with Gasteiger partial charge < -0.3 is 4.90 Å². The van der Waals surface area contributed by atoms with E-state index in [-0.39, 0.29) is 11.3 Å². The van der Waals surface area contributed by atoms with Crippen molar-refractivity contribution in [1.29, 1.82) is 5.26 Å². The Kier molecular flexibility index (Phi) is 3.58. The number of carbonyl (C=O) groups excluding carboxylic acids is 1. The summed E-state index contributed by atoms with van der Waals surface area (Å²) in [5.74, 6) is 3.49. The van der Waals surface area contributed by atoms with E-state index in [1.54, 1.807) is 0 Å². The highest BCUT2D eigenvalue weighted by molar-refractivity contribution is 5.77. The molecule has 1 saturated heterocycles. The van der Waals surface area contributed by atoms with E-state index < -0.39 is 0 Å². The monoisotopic (exact) mass is 328 g/mol. The maximum atomic E-state index is 12.3. The van der Waals surface area contributed by atoms with Crippen molar-refractivity contribution in [3.05, 3.63) is 0 Å². The van der Waals surface area contributed by atoms with Gasteiger partial charge >= 0.3 is 0 Å². The predicted molar refractivity (Wildman–Crippen MR) is 93.8 cm³/mol. The molecular weight excluding hydrogens is 296 g/mol. The van der Waals surface area contributed by atoms with Crippen LogP contribution in [0.3, 0.4) is 0 Å². The Balaban J connectivity index is 1.69. The molecule has 0 spiro atoms. The summed E-state index contributed by atoms with van der Waals surface area (Å²) in [6.45, 7) is 7.36. The molecule has 3 saturated carbocycles. The number of carbonyl (C=O) groups is 1. The van der Waals surface area contributed by atoms with Gasteiger partial charge in [-0.2, -0.15) is 5.26 Å². The van der Waals surface area contributed by atoms with Crippen molar-refractivity contribution in [2.75, 3.05) is 7.05 Å². The smallest absolute Gasteiger partial charge is 0.222 e. The van der Waals surface area contributed by atoms with Crippen LogP contribution in [0.15, 0.2) is 0 Å². The summed E-state index contributed by atoms with van der Waals surface area (Å²) in [6.07, 6.45) is 7.77. The van der Waals surface area contributed by atoms with E-state index in [9.17, 15) is 10.1 Å². The number of rotatable bonds is 0. The van der Waals surface area contributed by atoms with Gasteiger partial charge in [-0.3, -0.25) is 4.79 Å². The quantitative estimate of drug-likeness (QED) is 0.668. The van der Waals surface area contributed by atoms with E-state index in [1.165, 1.54) is 12.8 Å². The Morgan fingerprint density at radius 2 is 1.96 bits per heavy atom. The number of nitriles is 1.